The largest absolute Gasteiger partial charge is 0.492 e. The fourth-order valence-electron chi connectivity index (χ4n) is 1.49. The standard InChI is InChI=1S/C14H13BrFNO/c15-13-7-6-11(10-14(13)16)17-8-9-18-12-4-2-1-3-5-12/h1-7,10,17H,8-9H2. The molecule has 0 spiro atoms. The third-order valence-electron chi connectivity index (χ3n) is 2.36. The van der Waals surface area contributed by atoms with E-state index >= 15 is 0 Å². The Bertz CT molecular complexity index is 504. The maximum atomic E-state index is 13.2. The van der Waals surface area contributed by atoms with Crippen molar-refractivity contribution in [3.05, 3.63) is 58.8 Å². The van der Waals surface area contributed by atoms with Crippen LogP contribution in [0.4, 0.5) is 10.1 Å². The molecule has 2 rings (SSSR count). The molecule has 0 aliphatic rings. The van der Waals surface area contributed by atoms with Gasteiger partial charge < -0.3 is 10.1 Å². The molecule has 2 aromatic rings. The summed E-state index contributed by atoms with van der Waals surface area (Å²) in [6, 6.07) is 14.5. The van der Waals surface area contributed by atoms with Gasteiger partial charge in [-0.3, -0.25) is 0 Å². The van der Waals surface area contributed by atoms with Crippen LogP contribution < -0.4 is 10.1 Å². The molecular formula is C14H13BrFNO. The SMILES string of the molecule is Fc1cc(NCCOc2ccccc2)ccc1Br. The molecule has 0 bridgehead atoms. The number of hydrogen-bond acceptors (Lipinski definition) is 2. The zero-order valence-corrected chi connectivity index (χ0v) is 11.3. The summed E-state index contributed by atoms with van der Waals surface area (Å²) in [5.74, 6) is 0.560. The Morgan fingerprint density at radius 3 is 2.61 bits per heavy atom. The van der Waals surface area contributed by atoms with E-state index in [0.717, 1.165) is 11.4 Å². The Labute approximate surface area is 114 Å². The predicted octanol–water partition coefficient (Wildman–Crippen LogP) is 4.08. The Kier molecular flexibility index (Phi) is 4.59. The molecule has 0 saturated carbocycles. The van der Waals surface area contributed by atoms with Crippen molar-refractivity contribution < 1.29 is 9.13 Å². The van der Waals surface area contributed by atoms with Gasteiger partial charge in [0.15, 0.2) is 0 Å². The van der Waals surface area contributed by atoms with Crippen molar-refractivity contribution in [3.8, 4) is 5.75 Å². The first-order valence-electron chi connectivity index (χ1n) is 5.62. The molecule has 0 aliphatic heterocycles. The van der Waals surface area contributed by atoms with Crippen molar-refractivity contribution in [2.45, 2.75) is 0 Å². The summed E-state index contributed by atoms with van der Waals surface area (Å²) in [6.07, 6.45) is 0. The van der Waals surface area contributed by atoms with Gasteiger partial charge in [-0.1, -0.05) is 18.2 Å². The minimum absolute atomic E-state index is 0.274. The Morgan fingerprint density at radius 2 is 1.89 bits per heavy atom. The highest BCUT2D eigenvalue weighted by Gasteiger charge is 1.99. The zero-order chi connectivity index (χ0) is 12.8. The van der Waals surface area contributed by atoms with E-state index in [-0.39, 0.29) is 5.82 Å². The number of anilines is 1. The normalized spacial score (nSPS) is 10.1. The predicted molar refractivity (Wildman–Crippen MR) is 74.5 cm³/mol. The third kappa shape index (κ3) is 3.74. The second-order valence-corrected chi connectivity index (χ2v) is 4.57. The van der Waals surface area contributed by atoms with Gasteiger partial charge in [0, 0.05) is 12.2 Å². The van der Waals surface area contributed by atoms with Crippen molar-refractivity contribution in [3.63, 3.8) is 0 Å². The molecular weight excluding hydrogens is 297 g/mol. The number of halogens is 2. The highest BCUT2D eigenvalue weighted by atomic mass is 79.9. The van der Waals surface area contributed by atoms with E-state index in [4.69, 9.17) is 4.74 Å². The van der Waals surface area contributed by atoms with E-state index in [0.29, 0.717) is 17.6 Å². The molecule has 0 fully saturated rings. The monoisotopic (exact) mass is 309 g/mol. The lowest BCUT2D eigenvalue weighted by atomic mass is 10.3. The highest BCUT2D eigenvalue weighted by Crippen LogP contribution is 2.19. The van der Waals surface area contributed by atoms with Crippen molar-refractivity contribution in [2.75, 3.05) is 18.5 Å². The second kappa shape index (κ2) is 6.40. The summed E-state index contributed by atoms with van der Waals surface area (Å²) >= 11 is 3.11. The smallest absolute Gasteiger partial charge is 0.139 e. The van der Waals surface area contributed by atoms with Gasteiger partial charge >= 0.3 is 0 Å². The summed E-state index contributed by atoms with van der Waals surface area (Å²) in [5, 5.41) is 3.10. The first-order valence-corrected chi connectivity index (χ1v) is 6.42. The molecule has 0 aromatic heterocycles. The Balaban J connectivity index is 1.77. The maximum Gasteiger partial charge on any atom is 0.139 e. The minimum atomic E-state index is -0.274. The van der Waals surface area contributed by atoms with E-state index < -0.39 is 0 Å². The second-order valence-electron chi connectivity index (χ2n) is 3.72. The van der Waals surface area contributed by atoms with E-state index in [1.807, 2.05) is 36.4 Å². The van der Waals surface area contributed by atoms with Crippen LogP contribution >= 0.6 is 15.9 Å². The average molecular weight is 310 g/mol. The van der Waals surface area contributed by atoms with E-state index in [1.165, 1.54) is 6.07 Å². The van der Waals surface area contributed by atoms with Gasteiger partial charge in [-0.15, -0.1) is 0 Å². The Hall–Kier alpha value is -1.55. The minimum Gasteiger partial charge on any atom is -0.492 e. The van der Waals surface area contributed by atoms with Gasteiger partial charge in [-0.2, -0.15) is 0 Å². The summed E-state index contributed by atoms with van der Waals surface area (Å²) in [4.78, 5) is 0. The molecule has 0 unspecified atom stereocenters. The van der Waals surface area contributed by atoms with Crippen molar-refractivity contribution in [1.82, 2.24) is 0 Å². The van der Waals surface area contributed by atoms with E-state index in [2.05, 4.69) is 21.2 Å². The third-order valence-corrected chi connectivity index (χ3v) is 3.01. The number of nitrogens with one attached hydrogen (secondary N) is 1. The summed E-state index contributed by atoms with van der Waals surface area (Å²) in [6.45, 7) is 1.15. The van der Waals surface area contributed by atoms with Crippen LogP contribution in [-0.4, -0.2) is 13.2 Å². The summed E-state index contributed by atoms with van der Waals surface area (Å²) in [5.41, 5.74) is 0.743. The molecule has 0 atom stereocenters. The maximum absolute atomic E-state index is 13.2. The molecule has 2 nitrogen and oxygen atoms in total. The Morgan fingerprint density at radius 1 is 1.11 bits per heavy atom. The van der Waals surface area contributed by atoms with Gasteiger partial charge in [-0.25, -0.2) is 4.39 Å². The molecule has 94 valence electrons. The van der Waals surface area contributed by atoms with Gasteiger partial charge in [0.05, 0.1) is 4.47 Å². The van der Waals surface area contributed by atoms with Crippen molar-refractivity contribution >= 4 is 21.6 Å². The first kappa shape index (κ1) is 12.9. The first-order chi connectivity index (χ1) is 8.75. The molecule has 0 heterocycles. The van der Waals surface area contributed by atoms with Crippen LogP contribution in [0, 0.1) is 5.82 Å². The number of ether oxygens (including phenoxy) is 1. The lowest BCUT2D eigenvalue weighted by molar-refractivity contribution is 0.333. The molecule has 18 heavy (non-hydrogen) atoms. The molecule has 1 N–H and O–H groups in total. The summed E-state index contributed by atoms with van der Waals surface area (Å²) < 4.78 is 19.2. The van der Waals surface area contributed by atoms with Gasteiger partial charge in [0.25, 0.3) is 0 Å². The van der Waals surface area contributed by atoms with E-state index in [9.17, 15) is 4.39 Å². The number of rotatable bonds is 5. The van der Waals surface area contributed by atoms with Crippen LogP contribution in [0.1, 0.15) is 0 Å². The van der Waals surface area contributed by atoms with Crippen LogP contribution in [-0.2, 0) is 0 Å². The molecule has 0 radical (unpaired) electrons. The lowest BCUT2D eigenvalue weighted by Crippen LogP contribution is -2.11. The fourth-order valence-corrected chi connectivity index (χ4v) is 1.73. The van der Waals surface area contributed by atoms with Gasteiger partial charge in [0.1, 0.15) is 18.2 Å². The quantitative estimate of drug-likeness (QED) is 0.840. The van der Waals surface area contributed by atoms with Crippen LogP contribution in [0.15, 0.2) is 53.0 Å². The topological polar surface area (TPSA) is 21.3 Å². The molecule has 2 aromatic carbocycles. The fraction of sp³-hybridized carbons (Fsp3) is 0.143. The number of hydrogen-bond donors (Lipinski definition) is 1. The van der Waals surface area contributed by atoms with Crippen LogP contribution in [0.25, 0.3) is 0 Å². The van der Waals surface area contributed by atoms with Crippen LogP contribution in [0.5, 0.6) is 5.75 Å². The number of benzene rings is 2. The molecule has 4 heteroatoms. The lowest BCUT2D eigenvalue weighted by Gasteiger charge is -2.08. The zero-order valence-electron chi connectivity index (χ0n) is 9.70. The highest BCUT2D eigenvalue weighted by molar-refractivity contribution is 9.10. The van der Waals surface area contributed by atoms with Gasteiger partial charge in [0.2, 0.25) is 0 Å². The average Bonchev–Trinajstić information content (AvgIpc) is 2.40. The van der Waals surface area contributed by atoms with E-state index in [1.54, 1.807) is 6.07 Å². The van der Waals surface area contributed by atoms with Crippen molar-refractivity contribution in [2.24, 2.45) is 0 Å². The summed E-state index contributed by atoms with van der Waals surface area (Å²) in [7, 11) is 0. The molecule has 0 saturated heterocycles. The van der Waals surface area contributed by atoms with Crippen LogP contribution in [0.3, 0.4) is 0 Å². The molecule has 0 amide bonds. The van der Waals surface area contributed by atoms with Crippen molar-refractivity contribution in [1.29, 1.82) is 0 Å². The van der Waals surface area contributed by atoms with Crippen LogP contribution in [0.2, 0.25) is 0 Å². The van der Waals surface area contributed by atoms with Gasteiger partial charge in [-0.05, 0) is 46.3 Å². The molecule has 0 aliphatic carbocycles. The number of para-hydroxylation sites is 1.